The smallest absolute Gasteiger partial charge is 0.188 e. The fourth-order valence-electron chi connectivity index (χ4n) is 3.29. The minimum atomic E-state index is 0.130. The first-order valence-corrected chi connectivity index (χ1v) is 9.49. The van der Waals surface area contributed by atoms with E-state index >= 15 is 0 Å². The number of benzene rings is 1. The minimum Gasteiger partial charge on any atom is -0.497 e. The highest BCUT2D eigenvalue weighted by Gasteiger charge is 2.25. The lowest BCUT2D eigenvalue weighted by atomic mass is 10.2. The van der Waals surface area contributed by atoms with E-state index in [1.165, 1.54) is 0 Å². The van der Waals surface area contributed by atoms with Crippen LogP contribution < -0.4 is 14.2 Å². The first kappa shape index (κ1) is 19.2. The number of hydrogen-bond acceptors (Lipinski definition) is 7. The van der Waals surface area contributed by atoms with E-state index in [-0.39, 0.29) is 12.6 Å². The summed E-state index contributed by atoms with van der Waals surface area (Å²) < 4.78 is 24.1. The van der Waals surface area contributed by atoms with Gasteiger partial charge in [0.2, 0.25) is 0 Å². The molecule has 0 radical (unpaired) electrons. The Labute approximate surface area is 169 Å². The van der Waals surface area contributed by atoms with Crippen LogP contribution in [0.1, 0.15) is 24.0 Å². The van der Waals surface area contributed by atoms with E-state index in [1.54, 1.807) is 20.4 Å². The second-order valence-corrected chi connectivity index (χ2v) is 6.80. The van der Waals surface area contributed by atoms with E-state index in [9.17, 15) is 0 Å². The molecule has 1 saturated heterocycles. The van der Waals surface area contributed by atoms with Crippen molar-refractivity contribution in [3.05, 3.63) is 48.0 Å². The number of hydrogen-bond donors (Lipinski definition) is 0. The fourth-order valence-corrected chi connectivity index (χ4v) is 3.29. The van der Waals surface area contributed by atoms with Crippen molar-refractivity contribution in [2.45, 2.75) is 26.0 Å². The number of nitrogens with zero attached hydrogens (tertiary/aromatic N) is 4. The Morgan fingerprint density at radius 2 is 1.93 bits per heavy atom. The number of ether oxygens (including phenoxy) is 4. The molecular weight excluding hydrogens is 372 g/mol. The fraction of sp³-hybridized carbons (Fsp3) is 0.381. The Kier molecular flexibility index (Phi) is 5.62. The third-order valence-electron chi connectivity index (χ3n) is 4.82. The molecule has 152 valence electrons. The zero-order valence-corrected chi connectivity index (χ0v) is 16.8. The van der Waals surface area contributed by atoms with Gasteiger partial charge < -0.3 is 18.9 Å². The van der Waals surface area contributed by atoms with Crippen molar-refractivity contribution in [3.63, 3.8) is 0 Å². The molecule has 2 aromatic heterocycles. The lowest BCUT2D eigenvalue weighted by molar-refractivity contribution is 0.184. The maximum absolute atomic E-state index is 5.87. The molecule has 1 unspecified atom stereocenters. The van der Waals surface area contributed by atoms with E-state index < -0.39 is 0 Å². The van der Waals surface area contributed by atoms with E-state index in [0.717, 1.165) is 35.0 Å². The Hall–Kier alpha value is -3.13. The molecule has 3 aromatic rings. The molecule has 0 aliphatic carbocycles. The first-order valence-electron chi connectivity index (χ1n) is 9.49. The van der Waals surface area contributed by atoms with Gasteiger partial charge in [-0.05, 0) is 43.7 Å². The molecule has 8 heteroatoms. The summed E-state index contributed by atoms with van der Waals surface area (Å²) in [4.78, 5) is 9.08. The van der Waals surface area contributed by atoms with Crippen molar-refractivity contribution < 1.29 is 18.9 Å². The van der Waals surface area contributed by atoms with Gasteiger partial charge >= 0.3 is 0 Å². The van der Waals surface area contributed by atoms with Crippen LogP contribution in [0, 0.1) is 6.92 Å². The van der Waals surface area contributed by atoms with Gasteiger partial charge in [-0.3, -0.25) is 4.98 Å². The van der Waals surface area contributed by atoms with Gasteiger partial charge in [0.1, 0.15) is 23.9 Å². The number of aromatic nitrogens is 4. The molecule has 1 aromatic carbocycles. The lowest BCUT2D eigenvalue weighted by Crippen LogP contribution is -2.13. The molecule has 1 aliphatic heterocycles. The van der Waals surface area contributed by atoms with Gasteiger partial charge in [0, 0.05) is 12.3 Å². The van der Waals surface area contributed by atoms with E-state index in [2.05, 4.69) is 4.98 Å². The molecule has 1 atom stereocenters. The highest BCUT2D eigenvalue weighted by Crippen LogP contribution is 2.32. The van der Waals surface area contributed by atoms with Crippen LogP contribution in [-0.2, 0) is 11.3 Å². The van der Waals surface area contributed by atoms with Crippen LogP contribution in [0.15, 0.2) is 36.5 Å². The molecule has 4 rings (SSSR count). The lowest BCUT2D eigenvalue weighted by Gasteiger charge is -2.13. The summed E-state index contributed by atoms with van der Waals surface area (Å²) in [6.07, 6.45) is 2.60. The minimum absolute atomic E-state index is 0.130. The van der Waals surface area contributed by atoms with Crippen LogP contribution in [0.3, 0.4) is 0 Å². The molecular formula is C21H24N4O4. The Morgan fingerprint density at radius 3 is 2.62 bits per heavy atom. The predicted molar refractivity (Wildman–Crippen MR) is 106 cm³/mol. The summed E-state index contributed by atoms with van der Waals surface area (Å²) in [6, 6.07) is 9.52. The number of methoxy groups -OCH3 is 2. The van der Waals surface area contributed by atoms with E-state index in [0.29, 0.717) is 24.8 Å². The van der Waals surface area contributed by atoms with E-state index in [4.69, 9.17) is 29.0 Å². The van der Waals surface area contributed by atoms with E-state index in [1.807, 2.05) is 41.9 Å². The van der Waals surface area contributed by atoms with Crippen LogP contribution in [-0.4, -0.2) is 47.2 Å². The largest absolute Gasteiger partial charge is 0.497 e. The van der Waals surface area contributed by atoms with Crippen LogP contribution in [0.25, 0.3) is 11.4 Å². The maximum atomic E-state index is 5.87. The van der Waals surface area contributed by atoms with Gasteiger partial charge in [-0.15, -0.1) is 0 Å². The van der Waals surface area contributed by atoms with Gasteiger partial charge in [-0.2, -0.15) is 5.10 Å². The molecule has 0 spiro atoms. The molecule has 0 bridgehead atoms. The Balaban J connectivity index is 1.64. The first-order chi connectivity index (χ1) is 14.2. The molecule has 3 heterocycles. The number of pyridine rings is 1. The summed E-state index contributed by atoms with van der Waals surface area (Å²) in [5.41, 5.74) is 1.74. The predicted octanol–water partition coefficient (Wildman–Crippen LogP) is 3.21. The number of rotatable bonds is 7. The second-order valence-electron chi connectivity index (χ2n) is 6.80. The topological polar surface area (TPSA) is 80.5 Å². The summed E-state index contributed by atoms with van der Waals surface area (Å²) in [5.74, 6) is 3.50. The van der Waals surface area contributed by atoms with Crippen molar-refractivity contribution in [2.75, 3.05) is 27.4 Å². The molecule has 29 heavy (non-hydrogen) atoms. The standard InChI is InChI=1S/C21H24N4O4/c1-14-10-18(19(27-3)11-22-14)21-23-20(24-25(21)15-8-9-28-12-15)13-29-17-6-4-16(26-2)5-7-17/h4-7,10-11,15H,8-9,12-13H2,1-3H3. The maximum Gasteiger partial charge on any atom is 0.188 e. The van der Waals surface area contributed by atoms with Gasteiger partial charge in [0.25, 0.3) is 0 Å². The average molecular weight is 396 g/mol. The highest BCUT2D eigenvalue weighted by atomic mass is 16.5. The van der Waals surface area contributed by atoms with Crippen LogP contribution in [0.4, 0.5) is 0 Å². The molecule has 1 aliphatic rings. The summed E-state index contributed by atoms with van der Waals surface area (Å²) in [7, 11) is 3.26. The van der Waals surface area contributed by atoms with Gasteiger partial charge in [0.15, 0.2) is 11.6 Å². The second kappa shape index (κ2) is 8.48. The number of aryl methyl sites for hydroxylation is 1. The van der Waals surface area contributed by atoms with Crippen LogP contribution >= 0.6 is 0 Å². The van der Waals surface area contributed by atoms with Crippen molar-refractivity contribution in [1.82, 2.24) is 19.7 Å². The van der Waals surface area contributed by atoms with Crippen LogP contribution in [0.5, 0.6) is 17.2 Å². The quantitative estimate of drug-likeness (QED) is 0.607. The third kappa shape index (κ3) is 4.17. The zero-order valence-electron chi connectivity index (χ0n) is 16.8. The summed E-state index contributed by atoms with van der Waals surface area (Å²) in [6.45, 7) is 3.53. The van der Waals surface area contributed by atoms with Crippen molar-refractivity contribution in [3.8, 4) is 28.6 Å². The summed E-state index contributed by atoms with van der Waals surface area (Å²) in [5, 5.41) is 4.72. The normalized spacial score (nSPS) is 16.0. The molecule has 0 N–H and O–H groups in total. The van der Waals surface area contributed by atoms with Gasteiger partial charge in [0.05, 0.1) is 38.6 Å². The summed E-state index contributed by atoms with van der Waals surface area (Å²) >= 11 is 0. The highest BCUT2D eigenvalue weighted by molar-refractivity contribution is 5.64. The SMILES string of the molecule is COc1ccc(OCc2nc(-c3cc(C)ncc3OC)n(C3CCOC3)n2)cc1. The van der Waals surface area contributed by atoms with Crippen molar-refractivity contribution in [2.24, 2.45) is 0 Å². The Bertz CT molecular complexity index is 965. The van der Waals surface area contributed by atoms with Gasteiger partial charge in [-0.1, -0.05) is 0 Å². The molecule has 1 fully saturated rings. The third-order valence-corrected chi connectivity index (χ3v) is 4.82. The van der Waals surface area contributed by atoms with Crippen molar-refractivity contribution in [1.29, 1.82) is 0 Å². The Morgan fingerprint density at radius 1 is 1.14 bits per heavy atom. The molecule has 0 saturated carbocycles. The van der Waals surface area contributed by atoms with Crippen molar-refractivity contribution >= 4 is 0 Å². The monoisotopic (exact) mass is 396 g/mol. The zero-order chi connectivity index (χ0) is 20.2. The average Bonchev–Trinajstić information content (AvgIpc) is 3.42. The van der Waals surface area contributed by atoms with Crippen LogP contribution in [0.2, 0.25) is 0 Å². The molecule has 0 amide bonds. The van der Waals surface area contributed by atoms with Gasteiger partial charge in [-0.25, -0.2) is 9.67 Å². The molecule has 8 nitrogen and oxygen atoms in total.